The number of benzene rings is 1. The number of aromatic nitrogens is 1. The highest BCUT2D eigenvalue weighted by atomic mass is 35.5. The molecule has 1 aromatic carbocycles. The predicted octanol–water partition coefficient (Wildman–Crippen LogP) is 4.45. The van der Waals surface area contributed by atoms with Crippen molar-refractivity contribution in [1.82, 2.24) is 10.1 Å². The normalized spacial score (nSPS) is 13.2. The van der Waals surface area contributed by atoms with Crippen LogP contribution in [0.3, 0.4) is 0 Å². The van der Waals surface area contributed by atoms with Crippen LogP contribution < -0.4 is 5.32 Å². The summed E-state index contributed by atoms with van der Waals surface area (Å²) in [6, 6.07) is 11.9. The maximum absolute atomic E-state index is 12.7. The van der Waals surface area contributed by atoms with Gasteiger partial charge in [0.25, 0.3) is 5.91 Å². The first-order valence-electron chi connectivity index (χ1n) is 9.87. The number of hydrogen-bond acceptors (Lipinski definition) is 7. The minimum Gasteiger partial charge on any atom is -0.462 e. The summed E-state index contributed by atoms with van der Waals surface area (Å²) in [6.07, 6.45) is 0.726. The van der Waals surface area contributed by atoms with Gasteiger partial charge in [-0.15, -0.1) is 23.7 Å². The lowest BCUT2D eigenvalue weighted by atomic mass is 10.0. The van der Waals surface area contributed by atoms with E-state index in [1.54, 1.807) is 19.9 Å². The molecule has 0 radical (unpaired) electrons. The Morgan fingerprint density at radius 1 is 1.29 bits per heavy atom. The number of aryl methyl sites for hydroxylation is 1. The van der Waals surface area contributed by atoms with E-state index in [1.807, 2.05) is 18.2 Å². The van der Waals surface area contributed by atoms with Gasteiger partial charge < -0.3 is 14.6 Å². The minimum absolute atomic E-state index is 0. The molecule has 4 rings (SSSR count). The highest BCUT2D eigenvalue weighted by Crippen LogP contribution is 2.38. The number of carbonyl (C=O) groups is 2. The quantitative estimate of drug-likeness (QED) is 0.546. The average molecular weight is 462 g/mol. The molecule has 31 heavy (non-hydrogen) atoms. The molecule has 0 saturated carbocycles. The molecule has 3 heterocycles. The number of esters is 1. The summed E-state index contributed by atoms with van der Waals surface area (Å²) in [5, 5.41) is 7.08. The second kappa shape index (κ2) is 10.1. The van der Waals surface area contributed by atoms with Crippen molar-refractivity contribution < 1.29 is 18.8 Å². The van der Waals surface area contributed by atoms with E-state index in [1.165, 1.54) is 16.9 Å². The number of fused-ring (bicyclic) bond motifs is 1. The van der Waals surface area contributed by atoms with Crippen molar-refractivity contribution in [1.29, 1.82) is 0 Å². The smallest absolute Gasteiger partial charge is 0.341 e. The summed E-state index contributed by atoms with van der Waals surface area (Å²) >= 11 is 1.42. The van der Waals surface area contributed by atoms with Gasteiger partial charge in [-0.2, -0.15) is 0 Å². The van der Waals surface area contributed by atoms with Gasteiger partial charge >= 0.3 is 5.97 Å². The molecule has 0 fully saturated rings. The Bertz CT molecular complexity index is 1060. The van der Waals surface area contributed by atoms with Crippen molar-refractivity contribution in [3.63, 3.8) is 0 Å². The van der Waals surface area contributed by atoms with Crippen LogP contribution in [0, 0.1) is 6.92 Å². The first kappa shape index (κ1) is 23.0. The van der Waals surface area contributed by atoms with Gasteiger partial charge in [-0.25, -0.2) is 4.79 Å². The molecule has 1 aliphatic rings. The molecule has 0 aliphatic carbocycles. The number of thiophene rings is 1. The molecule has 1 N–H and O–H groups in total. The monoisotopic (exact) mass is 461 g/mol. The van der Waals surface area contributed by atoms with E-state index in [9.17, 15) is 9.59 Å². The lowest BCUT2D eigenvalue weighted by molar-refractivity contribution is 0.0526. The van der Waals surface area contributed by atoms with E-state index in [2.05, 4.69) is 27.5 Å². The Labute approximate surface area is 190 Å². The number of anilines is 1. The number of hydrogen-bond donors (Lipinski definition) is 1. The SMILES string of the molecule is CCOC(=O)c1c(NC(=O)c2cc(C)no2)sc2c1CCN(Cc1ccccc1)C2.Cl. The number of carbonyl (C=O) groups excluding carboxylic acids is 2. The van der Waals surface area contributed by atoms with E-state index in [-0.39, 0.29) is 24.8 Å². The molecule has 0 bridgehead atoms. The van der Waals surface area contributed by atoms with Crippen LogP contribution in [0.4, 0.5) is 5.00 Å². The summed E-state index contributed by atoms with van der Waals surface area (Å²) in [7, 11) is 0. The summed E-state index contributed by atoms with van der Waals surface area (Å²) in [6.45, 7) is 6.19. The minimum atomic E-state index is -0.430. The van der Waals surface area contributed by atoms with Crippen molar-refractivity contribution in [2.75, 3.05) is 18.5 Å². The summed E-state index contributed by atoms with van der Waals surface area (Å²) < 4.78 is 10.3. The van der Waals surface area contributed by atoms with Crippen LogP contribution in [0.5, 0.6) is 0 Å². The van der Waals surface area contributed by atoms with E-state index < -0.39 is 11.9 Å². The van der Waals surface area contributed by atoms with E-state index in [0.717, 1.165) is 36.5 Å². The van der Waals surface area contributed by atoms with Crippen LogP contribution in [0.15, 0.2) is 40.9 Å². The van der Waals surface area contributed by atoms with Crippen LogP contribution in [-0.2, 0) is 24.2 Å². The molecular formula is C22H24ClN3O4S. The number of amides is 1. The Hall–Kier alpha value is -2.68. The van der Waals surface area contributed by atoms with Gasteiger partial charge in [-0.3, -0.25) is 9.69 Å². The fourth-order valence-corrected chi connectivity index (χ4v) is 4.85. The molecule has 0 unspecified atom stereocenters. The van der Waals surface area contributed by atoms with Crippen molar-refractivity contribution >= 4 is 40.6 Å². The molecule has 0 saturated heterocycles. The zero-order valence-electron chi connectivity index (χ0n) is 17.3. The Balaban J connectivity index is 0.00000272. The Morgan fingerprint density at radius 3 is 2.74 bits per heavy atom. The fourth-order valence-electron chi connectivity index (χ4n) is 3.58. The number of nitrogens with one attached hydrogen (secondary N) is 1. The Kier molecular flexibility index (Phi) is 7.48. The van der Waals surface area contributed by atoms with Crippen LogP contribution in [0.2, 0.25) is 0 Å². The third-order valence-electron chi connectivity index (χ3n) is 4.94. The van der Waals surface area contributed by atoms with E-state index >= 15 is 0 Å². The summed E-state index contributed by atoms with van der Waals surface area (Å²) in [5.41, 5.74) is 3.29. The molecule has 164 valence electrons. The summed E-state index contributed by atoms with van der Waals surface area (Å²) in [4.78, 5) is 28.7. The average Bonchev–Trinajstić information content (AvgIpc) is 3.32. The van der Waals surface area contributed by atoms with E-state index in [0.29, 0.717) is 16.3 Å². The number of ether oxygens (including phenoxy) is 1. The number of halogens is 1. The van der Waals surface area contributed by atoms with Gasteiger partial charge in [0.05, 0.1) is 17.9 Å². The first-order valence-corrected chi connectivity index (χ1v) is 10.7. The molecule has 3 aromatic rings. The maximum Gasteiger partial charge on any atom is 0.341 e. The highest BCUT2D eigenvalue weighted by molar-refractivity contribution is 7.17. The largest absolute Gasteiger partial charge is 0.462 e. The molecule has 1 amide bonds. The van der Waals surface area contributed by atoms with Crippen LogP contribution >= 0.6 is 23.7 Å². The van der Waals surface area contributed by atoms with Gasteiger partial charge in [0.2, 0.25) is 5.76 Å². The maximum atomic E-state index is 12.7. The molecule has 2 aromatic heterocycles. The third kappa shape index (κ3) is 5.15. The van der Waals surface area contributed by atoms with Crippen molar-refractivity contribution in [2.24, 2.45) is 0 Å². The van der Waals surface area contributed by atoms with E-state index in [4.69, 9.17) is 9.26 Å². The zero-order chi connectivity index (χ0) is 21.1. The number of nitrogens with zero attached hydrogens (tertiary/aromatic N) is 2. The van der Waals surface area contributed by atoms with Gasteiger partial charge in [0.1, 0.15) is 5.00 Å². The zero-order valence-corrected chi connectivity index (χ0v) is 19.0. The standard InChI is InChI=1S/C22H23N3O4S.ClH/c1-3-28-22(27)19-16-9-10-25(12-15-7-5-4-6-8-15)13-18(16)30-21(19)23-20(26)17-11-14(2)24-29-17;/h4-8,11H,3,9-10,12-13H2,1-2H3,(H,23,26);1H. The van der Waals surface area contributed by atoms with Crippen molar-refractivity contribution in [3.05, 3.63) is 69.4 Å². The van der Waals surface area contributed by atoms with Crippen LogP contribution in [0.25, 0.3) is 0 Å². The van der Waals surface area contributed by atoms with Crippen LogP contribution in [0.1, 0.15) is 49.5 Å². The topological polar surface area (TPSA) is 84.7 Å². The second-order valence-corrected chi connectivity index (χ2v) is 8.27. The third-order valence-corrected chi connectivity index (χ3v) is 6.08. The lowest BCUT2D eigenvalue weighted by Crippen LogP contribution is -2.29. The predicted molar refractivity (Wildman–Crippen MR) is 121 cm³/mol. The first-order chi connectivity index (χ1) is 14.5. The molecule has 9 heteroatoms. The van der Waals surface area contributed by atoms with Gasteiger partial charge in [0, 0.05) is 30.6 Å². The summed E-state index contributed by atoms with van der Waals surface area (Å²) in [5.74, 6) is -0.726. The van der Waals surface area contributed by atoms with Crippen LogP contribution in [-0.4, -0.2) is 35.1 Å². The molecular weight excluding hydrogens is 438 g/mol. The fraction of sp³-hybridized carbons (Fsp3) is 0.318. The van der Waals surface area contributed by atoms with Gasteiger partial charge in [-0.1, -0.05) is 35.5 Å². The molecule has 1 aliphatic heterocycles. The van der Waals surface area contributed by atoms with Gasteiger partial charge in [0.15, 0.2) is 0 Å². The van der Waals surface area contributed by atoms with Gasteiger partial charge in [-0.05, 0) is 31.4 Å². The number of rotatable bonds is 6. The second-order valence-electron chi connectivity index (χ2n) is 7.16. The molecule has 7 nitrogen and oxygen atoms in total. The van der Waals surface area contributed by atoms with Crippen molar-refractivity contribution in [3.8, 4) is 0 Å². The Morgan fingerprint density at radius 2 is 2.06 bits per heavy atom. The van der Waals surface area contributed by atoms with Crippen molar-refractivity contribution in [2.45, 2.75) is 33.4 Å². The molecule has 0 atom stereocenters. The highest BCUT2D eigenvalue weighted by Gasteiger charge is 2.30. The molecule has 0 spiro atoms. The lowest BCUT2D eigenvalue weighted by Gasteiger charge is -2.27.